The van der Waals surface area contributed by atoms with E-state index in [1.807, 2.05) is 0 Å². The average molecular weight is 416 g/mol. The zero-order valence-electron chi connectivity index (χ0n) is 16.0. The summed E-state index contributed by atoms with van der Waals surface area (Å²) >= 11 is 0. The van der Waals surface area contributed by atoms with E-state index in [0.29, 0.717) is 35.3 Å². The molecule has 0 bridgehead atoms. The molecule has 0 saturated carbocycles. The van der Waals surface area contributed by atoms with E-state index in [1.54, 1.807) is 31.0 Å². The van der Waals surface area contributed by atoms with E-state index in [2.05, 4.69) is 15.0 Å². The molecule has 0 spiro atoms. The standard InChI is InChI=1S/C21H16F4N4O/c1-11(12-5-13(21(23,24)25)7-14(22)6-12)17-8-18(28-10-27-17)19-16-9-29(2)20(30)15(16)3-4-26-19/h3-8,10-11H,9H2,1-2H3/t11-/m0/s1. The maximum Gasteiger partial charge on any atom is 0.416 e. The normalized spacial score (nSPS) is 14.7. The Labute approximate surface area is 169 Å². The highest BCUT2D eigenvalue weighted by Crippen LogP contribution is 2.34. The summed E-state index contributed by atoms with van der Waals surface area (Å²) in [5, 5.41) is 0. The second-order valence-electron chi connectivity index (χ2n) is 7.17. The Morgan fingerprint density at radius 1 is 1.10 bits per heavy atom. The number of pyridine rings is 1. The third kappa shape index (κ3) is 3.51. The molecule has 4 rings (SSSR count). The summed E-state index contributed by atoms with van der Waals surface area (Å²) < 4.78 is 53.0. The molecule has 1 atom stereocenters. The number of hydrogen-bond acceptors (Lipinski definition) is 4. The van der Waals surface area contributed by atoms with Gasteiger partial charge in [-0.05, 0) is 35.9 Å². The summed E-state index contributed by atoms with van der Waals surface area (Å²) in [5.74, 6) is -1.70. The lowest BCUT2D eigenvalue weighted by molar-refractivity contribution is -0.137. The van der Waals surface area contributed by atoms with Crippen LogP contribution in [0.2, 0.25) is 0 Å². The highest BCUT2D eigenvalue weighted by Gasteiger charge is 2.32. The Morgan fingerprint density at radius 3 is 2.60 bits per heavy atom. The first-order valence-corrected chi connectivity index (χ1v) is 9.08. The van der Waals surface area contributed by atoms with Crippen LogP contribution in [0.25, 0.3) is 11.4 Å². The van der Waals surface area contributed by atoms with Gasteiger partial charge in [-0.2, -0.15) is 13.2 Å². The molecule has 1 aromatic carbocycles. The molecule has 0 fully saturated rings. The molecule has 1 aliphatic heterocycles. The highest BCUT2D eigenvalue weighted by atomic mass is 19.4. The smallest absolute Gasteiger partial charge is 0.337 e. The number of aromatic nitrogens is 3. The number of alkyl halides is 3. The zero-order valence-corrected chi connectivity index (χ0v) is 16.0. The van der Waals surface area contributed by atoms with Gasteiger partial charge in [0.15, 0.2) is 0 Å². The zero-order chi connectivity index (χ0) is 21.6. The maximum atomic E-state index is 13.8. The maximum absolute atomic E-state index is 13.8. The van der Waals surface area contributed by atoms with Crippen LogP contribution in [0.15, 0.2) is 42.9 Å². The van der Waals surface area contributed by atoms with Crippen molar-refractivity contribution in [1.29, 1.82) is 0 Å². The van der Waals surface area contributed by atoms with Gasteiger partial charge in [0.2, 0.25) is 0 Å². The summed E-state index contributed by atoms with van der Waals surface area (Å²) in [6, 6.07) is 5.69. The van der Waals surface area contributed by atoms with E-state index in [0.717, 1.165) is 17.7 Å². The van der Waals surface area contributed by atoms with Gasteiger partial charge in [0, 0.05) is 36.8 Å². The number of benzene rings is 1. The number of rotatable bonds is 3. The second kappa shape index (κ2) is 7.16. The van der Waals surface area contributed by atoms with Gasteiger partial charge in [0.25, 0.3) is 5.91 Å². The molecular weight excluding hydrogens is 400 g/mol. The quantitative estimate of drug-likeness (QED) is 0.593. The second-order valence-corrected chi connectivity index (χ2v) is 7.17. The molecule has 0 N–H and O–H groups in total. The minimum Gasteiger partial charge on any atom is -0.337 e. The van der Waals surface area contributed by atoms with E-state index in [1.165, 1.54) is 12.5 Å². The molecule has 0 unspecified atom stereocenters. The van der Waals surface area contributed by atoms with Gasteiger partial charge >= 0.3 is 6.18 Å². The van der Waals surface area contributed by atoms with Crippen molar-refractivity contribution in [3.05, 3.63) is 76.6 Å². The van der Waals surface area contributed by atoms with Gasteiger partial charge < -0.3 is 4.90 Å². The fourth-order valence-corrected chi connectivity index (χ4v) is 3.52. The lowest BCUT2D eigenvalue weighted by atomic mass is 9.94. The molecule has 9 heteroatoms. The van der Waals surface area contributed by atoms with Crippen molar-refractivity contribution in [2.75, 3.05) is 7.05 Å². The Bertz CT molecular complexity index is 1150. The predicted molar refractivity (Wildman–Crippen MR) is 100.0 cm³/mol. The number of nitrogens with zero attached hydrogens (tertiary/aromatic N) is 4. The molecule has 0 aliphatic carbocycles. The fraction of sp³-hybridized carbons (Fsp3) is 0.238. The number of hydrogen-bond donors (Lipinski definition) is 0. The van der Waals surface area contributed by atoms with Gasteiger partial charge in [0.05, 0.1) is 22.6 Å². The number of carbonyl (C=O) groups is 1. The van der Waals surface area contributed by atoms with Crippen LogP contribution in [0.1, 0.15) is 45.6 Å². The summed E-state index contributed by atoms with van der Waals surface area (Å²) in [6.45, 7) is 2.02. The van der Waals surface area contributed by atoms with Crippen LogP contribution in [0.5, 0.6) is 0 Å². The van der Waals surface area contributed by atoms with Crippen LogP contribution in [-0.2, 0) is 12.7 Å². The van der Waals surface area contributed by atoms with E-state index >= 15 is 0 Å². The Kier molecular flexibility index (Phi) is 4.76. The number of halogens is 4. The minimum absolute atomic E-state index is 0.115. The van der Waals surface area contributed by atoms with Crippen LogP contribution >= 0.6 is 0 Å². The number of amides is 1. The summed E-state index contributed by atoms with van der Waals surface area (Å²) in [4.78, 5) is 26.5. The van der Waals surface area contributed by atoms with Gasteiger partial charge in [-0.3, -0.25) is 9.78 Å². The van der Waals surface area contributed by atoms with Crippen LogP contribution < -0.4 is 0 Å². The van der Waals surface area contributed by atoms with Crippen molar-refractivity contribution in [2.24, 2.45) is 0 Å². The number of carbonyl (C=O) groups excluding carboxylic acids is 1. The van der Waals surface area contributed by atoms with Gasteiger partial charge in [-0.15, -0.1) is 0 Å². The first-order chi connectivity index (χ1) is 14.1. The monoisotopic (exact) mass is 416 g/mol. The Morgan fingerprint density at radius 2 is 1.87 bits per heavy atom. The predicted octanol–water partition coefficient (Wildman–Crippen LogP) is 4.43. The molecule has 2 aromatic heterocycles. The minimum atomic E-state index is -4.65. The number of fused-ring (bicyclic) bond motifs is 1. The molecule has 1 amide bonds. The van der Waals surface area contributed by atoms with E-state index in [-0.39, 0.29) is 11.5 Å². The molecule has 1 aliphatic rings. The molecule has 3 heterocycles. The molecular formula is C21H16F4N4O. The van der Waals surface area contributed by atoms with Crippen molar-refractivity contribution in [3.63, 3.8) is 0 Å². The fourth-order valence-electron chi connectivity index (χ4n) is 3.52. The van der Waals surface area contributed by atoms with Crippen molar-refractivity contribution >= 4 is 5.91 Å². The molecule has 0 saturated heterocycles. The SMILES string of the molecule is C[C@@H](c1cc(F)cc(C(F)(F)F)c1)c1cc(-c2nccc3c2CN(C)C3=O)ncn1. The molecule has 0 radical (unpaired) electrons. The van der Waals surface area contributed by atoms with Gasteiger partial charge in [-0.25, -0.2) is 14.4 Å². The molecule has 5 nitrogen and oxygen atoms in total. The Balaban J connectivity index is 1.74. The van der Waals surface area contributed by atoms with E-state index < -0.39 is 23.5 Å². The molecule has 30 heavy (non-hydrogen) atoms. The lowest BCUT2D eigenvalue weighted by Gasteiger charge is -2.15. The summed E-state index contributed by atoms with van der Waals surface area (Å²) in [5.41, 5.74) is 1.73. The first kappa shape index (κ1) is 19.9. The average Bonchev–Trinajstić information content (AvgIpc) is 3.00. The lowest BCUT2D eigenvalue weighted by Crippen LogP contribution is -2.17. The van der Waals surface area contributed by atoms with Crippen LogP contribution in [0, 0.1) is 5.82 Å². The van der Waals surface area contributed by atoms with Crippen LogP contribution in [0.3, 0.4) is 0 Å². The van der Waals surface area contributed by atoms with Crippen molar-refractivity contribution in [2.45, 2.75) is 25.6 Å². The van der Waals surface area contributed by atoms with E-state index in [9.17, 15) is 22.4 Å². The third-order valence-electron chi connectivity index (χ3n) is 5.15. The van der Waals surface area contributed by atoms with Crippen LogP contribution in [-0.4, -0.2) is 32.8 Å². The topological polar surface area (TPSA) is 59.0 Å². The van der Waals surface area contributed by atoms with E-state index in [4.69, 9.17) is 0 Å². The third-order valence-corrected chi connectivity index (χ3v) is 5.15. The van der Waals surface area contributed by atoms with Crippen molar-refractivity contribution in [1.82, 2.24) is 19.9 Å². The van der Waals surface area contributed by atoms with Gasteiger partial charge in [0.1, 0.15) is 12.1 Å². The Hall–Kier alpha value is -3.36. The molecule has 154 valence electrons. The van der Waals surface area contributed by atoms with Gasteiger partial charge in [-0.1, -0.05) is 6.92 Å². The van der Waals surface area contributed by atoms with Crippen molar-refractivity contribution < 1.29 is 22.4 Å². The first-order valence-electron chi connectivity index (χ1n) is 9.08. The van der Waals surface area contributed by atoms with Crippen molar-refractivity contribution in [3.8, 4) is 11.4 Å². The molecule has 3 aromatic rings. The summed E-state index contributed by atoms with van der Waals surface area (Å²) in [6.07, 6.45) is -1.86. The largest absolute Gasteiger partial charge is 0.416 e. The summed E-state index contributed by atoms with van der Waals surface area (Å²) in [7, 11) is 1.68. The van der Waals surface area contributed by atoms with Crippen LogP contribution in [0.4, 0.5) is 17.6 Å². The highest BCUT2D eigenvalue weighted by molar-refractivity contribution is 5.99.